The number of aryl methyl sites for hydroxylation is 1. The number of hydrogen-bond acceptors (Lipinski definition) is 3. The largest absolute Gasteiger partial charge is 0.310 e. The number of rotatable bonds is 7. The van der Waals surface area contributed by atoms with Crippen LogP contribution < -0.4 is 5.32 Å². The molecule has 2 aromatic heterocycles. The smallest absolute Gasteiger partial charge is 0.228 e. The summed E-state index contributed by atoms with van der Waals surface area (Å²) in [6.07, 6.45) is 6.75. The topological polar surface area (TPSA) is 54.9 Å². The number of anilines is 1. The second-order valence-corrected chi connectivity index (χ2v) is 8.30. The predicted octanol–water partition coefficient (Wildman–Crippen LogP) is 6.39. The minimum Gasteiger partial charge on any atom is -0.310 e. The Balaban J connectivity index is 1.85. The van der Waals surface area contributed by atoms with Gasteiger partial charge >= 0.3 is 0 Å². The lowest BCUT2D eigenvalue weighted by molar-refractivity contribution is -0.117. The number of nitrogens with zero attached hydrogens (tertiary/aromatic N) is 2. The third-order valence-corrected chi connectivity index (χ3v) is 5.94. The molecule has 30 heavy (non-hydrogen) atoms. The molecule has 5 heteroatoms. The Morgan fingerprint density at radius 2 is 2.03 bits per heavy atom. The van der Waals surface area contributed by atoms with E-state index in [-0.39, 0.29) is 17.6 Å². The first-order valence-electron chi connectivity index (χ1n) is 10.9. The van der Waals surface area contributed by atoms with Gasteiger partial charge in [-0.1, -0.05) is 26.3 Å². The summed E-state index contributed by atoms with van der Waals surface area (Å²) < 4.78 is 14.0. The van der Waals surface area contributed by atoms with Crippen molar-refractivity contribution in [1.29, 1.82) is 0 Å². The van der Waals surface area contributed by atoms with Gasteiger partial charge in [-0.25, -0.2) is 9.37 Å². The lowest BCUT2D eigenvalue weighted by atomic mass is 9.92. The van der Waals surface area contributed by atoms with Crippen molar-refractivity contribution in [2.24, 2.45) is 5.92 Å². The van der Waals surface area contributed by atoms with Gasteiger partial charge in [0.2, 0.25) is 5.91 Å². The van der Waals surface area contributed by atoms with Gasteiger partial charge in [0.15, 0.2) is 0 Å². The molecule has 0 bridgehead atoms. The van der Waals surface area contributed by atoms with E-state index in [0.29, 0.717) is 11.7 Å². The zero-order chi connectivity index (χ0) is 21.3. The Morgan fingerprint density at radius 3 is 2.73 bits per heavy atom. The van der Waals surface area contributed by atoms with Crippen LogP contribution >= 0.6 is 0 Å². The monoisotopic (exact) mass is 405 g/mol. The number of carbonyl (C=O) groups is 1. The van der Waals surface area contributed by atoms with Gasteiger partial charge < -0.3 is 5.32 Å². The van der Waals surface area contributed by atoms with Gasteiger partial charge in [-0.05, 0) is 62.4 Å². The highest BCUT2D eigenvalue weighted by molar-refractivity contribution is 5.96. The van der Waals surface area contributed by atoms with Gasteiger partial charge in [-0.2, -0.15) is 0 Å². The van der Waals surface area contributed by atoms with Crippen molar-refractivity contribution < 1.29 is 9.18 Å². The molecule has 0 saturated heterocycles. The molecule has 4 rings (SSSR count). The number of pyridine rings is 2. The van der Waals surface area contributed by atoms with E-state index in [1.165, 1.54) is 6.07 Å². The van der Waals surface area contributed by atoms with Gasteiger partial charge in [0.05, 0.1) is 11.4 Å². The number of fused-ring (bicyclic) bond motifs is 1. The highest BCUT2D eigenvalue weighted by Crippen LogP contribution is 2.35. The summed E-state index contributed by atoms with van der Waals surface area (Å²) in [4.78, 5) is 21.7. The molecule has 1 aromatic carbocycles. The average molecular weight is 406 g/mol. The number of nitrogens with one attached hydrogen (secondary N) is 1. The Kier molecular flexibility index (Phi) is 5.80. The Hall–Kier alpha value is -2.82. The highest BCUT2D eigenvalue weighted by Gasteiger charge is 2.30. The Morgan fingerprint density at radius 1 is 1.23 bits per heavy atom. The van der Waals surface area contributed by atoms with Crippen LogP contribution in [0.1, 0.15) is 63.1 Å². The maximum absolute atomic E-state index is 14.0. The maximum Gasteiger partial charge on any atom is 0.228 e. The van der Waals surface area contributed by atoms with Crippen LogP contribution in [-0.2, 0) is 4.79 Å². The molecule has 2 heterocycles. The van der Waals surface area contributed by atoms with Crippen molar-refractivity contribution in [3.63, 3.8) is 0 Å². The van der Waals surface area contributed by atoms with Crippen LogP contribution in [0.4, 0.5) is 10.2 Å². The van der Waals surface area contributed by atoms with E-state index in [9.17, 15) is 9.18 Å². The zero-order valence-electron chi connectivity index (χ0n) is 17.8. The van der Waals surface area contributed by atoms with Gasteiger partial charge in [0.25, 0.3) is 0 Å². The summed E-state index contributed by atoms with van der Waals surface area (Å²) in [5.41, 5.74) is 3.55. The number of carbonyl (C=O) groups excluding carboxylic acids is 1. The number of halogens is 1. The van der Waals surface area contributed by atoms with Crippen LogP contribution in [0, 0.1) is 18.7 Å². The molecule has 4 nitrogen and oxygen atoms in total. The van der Waals surface area contributed by atoms with Gasteiger partial charge in [0.1, 0.15) is 11.6 Å². The van der Waals surface area contributed by atoms with Gasteiger partial charge in [-0.15, -0.1) is 0 Å². The molecule has 1 atom stereocenters. The molecule has 3 aromatic rings. The molecule has 0 spiro atoms. The first-order chi connectivity index (χ1) is 14.5. The fourth-order valence-electron chi connectivity index (χ4n) is 4.02. The molecule has 1 N–H and O–H groups in total. The van der Waals surface area contributed by atoms with Crippen LogP contribution in [0.5, 0.6) is 0 Å². The molecular formula is C25H28FN3O. The number of amides is 1. The average Bonchev–Trinajstić information content (AvgIpc) is 3.59. The minimum absolute atomic E-state index is 0.0453. The van der Waals surface area contributed by atoms with Crippen LogP contribution in [0.15, 0.2) is 36.5 Å². The predicted molar refractivity (Wildman–Crippen MR) is 119 cm³/mol. The van der Waals surface area contributed by atoms with Crippen molar-refractivity contribution >= 4 is 22.5 Å². The molecule has 0 radical (unpaired) electrons. The lowest BCUT2D eigenvalue weighted by Gasteiger charge is -2.19. The van der Waals surface area contributed by atoms with Crippen LogP contribution in [0.3, 0.4) is 0 Å². The zero-order valence-corrected chi connectivity index (χ0v) is 17.8. The van der Waals surface area contributed by atoms with E-state index in [1.54, 1.807) is 18.3 Å². The Bertz CT molecular complexity index is 1090. The summed E-state index contributed by atoms with van der Waals surface area (Å²) in [6, 6.07) is 8.72. The van der Waals surface area contributed by atoms with E-state index >= 15 is 0 Å². The molecule has 1 amide bonds. The molecule has 1 saturated carbocycles. The highest BCUT2D eigenvalue weighted by atomic mass is 19.1. The number of benzene rings is 1. The molecule has 0 aliphatic heterocycles. The minimum atomic E-state index is -0.268. The van der Waals surface area contributed by atoms with Crippen molar-refractivity contribution in [3.8, 4) is 11.3 Å². The summed E-state index contributed by atoms with van der Waals surface area (Å²) >= 11 is 0. The first kappa shape index (κ1) is 20.5. The van der Waals surface area contributed by atoms with E-state index in [1.807, 2.05) is 19.1 Å². The van der Waals surface area contributed by atoms with Gasteiger partial charge in [-0.3, -0.25) is 9.78 Å². The van der Waals surface area contributed by atoms with Crippen molar-refractivity contribution in [3.05, 3.63) is 53.6 Å². The van der Waals surface area contributed by atoms with Crippen molar-refractivity contribution in [2.45, 2.75) is 58.8 Å². The summed E-state index contributed by atoms with van der Waals surface area (Å²) in [7, 11) is 0. The lowest BCUT2D eigenvalue weighted by Crippen LogP contribution is -2.14. The van der Waals surface area contributed by atoms with E-state index in [0.717, 1.165) is 65.4 Å². The first-order valence-corrected chi connectivity index (χ1v) is 10.9. The summed E-state index contributed by atoms with van der Waals surface area (Å²) in [6.45, 7) is 6.32. The van der Waals surface area contributed by atoms with Gasteiger partial charge in [0, 0.05) is 34.4 Å². The number of hydrogen-bond donors (Lipinski definition) is 1. The number of aromatic nitrogens is 2. The molecule has 1 aliphatic carbocycles. The van der Waals surface area contributed by atoms with Crippen LogP contribution in [-0.4, -0.2) is 15.9 Å². The molecule has 1 aliphatic rings. The third-order valence-electron chi connectivity index (χ3n) is 5.94. The van der Waals surface area contributed by atoms with Crippen LogP contribution in [0.25, 0.3) is 22.0 Å². The normalized spacial score (nSPS) is 14.7. The van der Waals surface area contributed by atoms with E-state index < -0.39 is 0 Å². The van der Waals surface area contributed by atoms with Crippen LogP contribution in [0.2, 0.25) is 0 Å². The third kappa shape index (κ3) is 4.20. The molecule has 1 unspecified atom stereocenters. The SMILES string of the molecule is CCCC(CC)c1nc(-c2cc(F)ccc2C)cc2cnc(NC(=O)C3CC3)cc12. The quantitative estimate of drug-likeness (QED) is 0.496. The van der Waals surface area contributed by atoms with Crippen molar-refractivity contribution in [1.82, 2.24) is 9.97 Å². The molecule has 156 valence electrons. The summed E-state index contributed by atoms with van der Waals surface area (Å²) in [5, 5.41) is 4.91. The standard InChI is InChI=1S/C25H28FN3O/c1-4-6-16(5-2)24-21-13-23(29-25(30)17-8-9-17)27-14-18(21)11-22(28-24)20-12-19(26)10-7-15(20)3/h7,10-14,16-17H,4-6,8-9H2,1-3H3,(H,27,29,30). The second kappa shape index (κ2) is 8.50. The second-order valence-electron chi connectivity index (χ2n) is 8.30. The molecule has 1 fully saturated rings. The maximum atomic E-state index is 14.0. The van der Waals surface area contributed by atoms with E-state index in [2.05, 4.69) is 24.1 Å². The fourth-order valence-corrected chi connectivity index (χ4v) is 4.02. The fraction of sp³-hybridized carbons (Fsp3) is 0.400. The molecular weight excluding hydrogens is 377 g/mol. The Labute approximate surface area is 176 Å². The van der Waals surface area contributed by atoms with Crippen molar-refractivity contribution in [2.75, 3.05) is 5.32 Å². The van der Waals surface area contributed by atoms with E-state index in [4.69, 9.17) is 4.98 Å². The summed E-state index contributed by atoms with van der Waals surface area (Å²) in [5.74, 6) is 0.769.